The van der Waals surface area contributed by atoms with Crippen LogP contribution in [-0.2, 0) is 0 Å². The van der Waals surface area contributed by atoms with E-state index in [2.05, 4.69) is 0 Å². The Hall–Kier alpha value is -0.500. The predicted octanol–water partition coefficient (Wildman–Crippen LogP) is 2.86. The highest BCUT2D eigenvalue weighted by atomic mass is 32.2. The van der Waals surface area contributed by atoms with E-state index in [1.165, 1.54) is 6.07 Å². The standard InChI is InChI=1S/C8H9FS/c1-6-5-7(9)3-4-8(6)10-2/h3-5H,1-2H3. The van der Waals surface area contributed by atoms with Crippen LogP contribution in [0.15, 0.2) is 23.1 Å². The molecule has 0 saturated heterocycles. The molecule has 0 spiro atoms. The second-order valence-electron chi connectivity index (χ2n) is 2.11. The van der Waals surface area contributed by atoms with Gasteiger partial charge < -0.3 is 0 Å². The van der Waals surface area contributed by atoms with E-state index in [9.17, 15) is 4.39 Å². The predicted molar refractivity (Wildman–Crippen MR) is 42.9 cm³/mol. The van der Waals surface area contributed by atoms with Crippen LogP contribution in [-0.4, -0.2) is 6.26 Å². The molecule has 0 fully saturated rings. The first-order valence-electron chi connectivity index (χ1n) is 3.04. The number of hydrogen-bond acceptors (Lipinski definition) is 1. The van der Waals surface area contributed by atoms with E-state index in [-0.39, 0.29) is 5.82 Å². The molecule has 0 aromatic heterocycles. The minimum atomic E-state index is -0.157. The van der Waals surface area contributed by atoms with Crippen molar-refractivity contribution < 1.29 is 4.39 Å². The van der Waals surface area contributed by atoms with E-state index in [0.29, 0.717) is 0 Å². The topological polar surface area (TPSA) is 0 Å². The molecule has 0 radical (unpaired) electrons. The molecule has 54 valence electrons. The molecular weight excluding hydrogens is 147 g/mol. The van der Waals surface area contributed by atoms with Gasteiger partial charge in [-0.05, 0) is 36.9 Å². The Kier molecular flexibility index (Phi) is 2.33. The van der Waals surface area contributed by atoms with Crippen molar-refractivity contribution in [3.63, 3.8) is 0 Å². The highest BCUT2D eigenvalue weighted by Crippen LogP contribution is 2.19. The van der Waals surface area contributed by atoms with Crippen LogP contribution in [0.25, 0.3) is 0 Å². The summed E-state index contributed by atoms with van der Waals surface area (Å²) in [5.74, 6) is -0.157. The highest BCUT2D eigenvalue weighted by Gasteiger charge is 1.96. The lowest BCUT2D eigenvalue weighted by Crippen LogP contribution is -1.80. The Balaban J connectivity index is 3.07. The van der Waals surface area contributed by atoms with Crippen LogP contribution in [0.1, 0.15) is 5.56 Å². The maximum absolute atomic E-state index is 12.5. The average molecular weight is 156 g/mol. The summed E-state index contributed by atoms with van der Waals surface area (Å²) in [6.07, 6.45) is 1.99. The molecule has 0 amide bonds. The molecule has 1 rings (SSSR count). The zero-order valence-electron chi connectivity index (χ0n) is 6.02. The molecule has 1 aromatic rings. The fraction of sp³-hybridized carbons (Fsp3) is 0.250. The van der Waals surface area contributed by atoms with Gasteiger partial charge >= 0.3 is 0 Å². The van der Waals surface area contributed by atoms with Crippen LogP contribution < -0.4 is 0 Å². The summed E-state index contributed by atoms with van der Waals surface area (Å²) in [5.41, 5.74) is 1.01. The monoisotopic (exact) mass is 156 g/mol. The molecule has 0 aliphatic rings. The number of benzene rings is 1. The van der Waals surface area contributed by atoms with Gasteiger partial charge in [-0.3, -0.25) is 0 Å². The molecule has 0 saturated carbocycles. The van der Waals surface area contributed by atoms with Crippen molar-refractivity contribution in [1.82, 2.24) is 0 Å². The number of hydrogen-bond donors (Lipinski definition) is 0. The third-order valence-electron chi connectivity index (χ3n) is 1.36. The number of rotatable bonds is 1. The highest BCUT2D eigenvalue weighted by molar-refractivity contribution is 7.98. The van der Waals surface area contributed by atoms with Crippen molar-refractivity contribution in [2.75, 3.05) is 6.26 Å². The first kappa shape index (κ1) is 7.61. The van der Waals surface area contributed by atoms with E-state index >= 15 is 0 Å². The third-order valence-corrected chi connectivity index (χ3v) is 2.25. The number of aryl methyl sites for hydroxylation is 1. The van der Waals surface area contributed by atoms with E-state index < -0.39 is 0 Å². The minimum Gasteiger partial charge on any atom is -0.207 e. The normalized spacial score (nSPS) is 9.90. The van der Waals surface area contributed by atoms with E-state index in [4.69, 9.17) is 0 Å². The van der Waals surface area contributed by atoms with Crippen molar-refractivity contribution in [1.29, 1.82) is 0 Å². The summed E-state index contributed by atoms with van der Waals surface area (Å²) in [6, 6.07) is 4.83. The zero-order valence-corrected chi connectivity index (χ0v) is 6.83. The van der Waals surface area contributed by atoms with Crippen LogP contribution in [0, 0.1) is 12.7 Å². The second kappa shape index (κ2) is 3.06. The molecule has 0 N–H and O–H groups in total. The van der Waals surface area contributed by atoms with Gasteiger partial charge in [-0.15, -0.1) is 11.8 Å². The van der Waals surface area contributed by atoms with Gasteiger partial charge in [0, 0.05) is 4.90 Å². The van der Waals surface area contributed by atoms with Crippen molar-refractivity contribution in [2.45, 2.75) is 11.8 Å². The summed E-state index contributed by atoms with van der Waals surface area (Å²) in [5, 5.41) is 0. The van der Waals surface area contributed by atoms with Gasteiger partial charge in [0.2, 0.25) is 0 Å². The van der Waals surface area contributed by atoms with Gasteiger partial charge in [0.15, 0.2) is 0 Å². The van der Waals surface area contributed by atoms with Gasteiger partial charge in [0.1, 0.15) is 5.82 Å². The van der Waals surface area contributed by atoms with E-state index in [1.54, 1.807) is 23.9 Å². The van der Waals surface area contributed by atoms with Crippen LogP contribution >= 0.6 is 11.8 Å². The second-order valence-corrected chi connectivity index (χ2v) is 2.96. The van der Waals surface area contributed by atoms with Crippen LogP contribution in [0.4, 0.5) is 4.39 Å². The molecule has 0 aliphatic carbocycles. The van der Waals surface area contributed by atoms with Gasteiger partial charge in [0.05, 0.1) is 0 Å². The quantitative estimate of drug-likeness (QED) is 0.563. The lowest BCUT2D eigenvalue weighted by atomic mass is 10.2. The first-order valence-corrected chi connectivity index (χ1v) is 4.26. The first-order chi connectivity index (χ1) is 4.74. The Bertz CT molecular complexity index is 233. The minimum absolute atomic E-state index is 0.157. The SMILES string of the molecule is CSc1ccc(F)cc1C. The molecule has 0 nitrogen and oxygen atoms in total. The Morgan fingerprint density at radius 1 is 1.40 bits per heavy atom. The lowest BCUT2D eigenvalue weighted by molar-refractivity contribution is 0.625. The maximum atomic E-state index is 12.5. The molecule has 0 heterocycles. The maximum Gasteiger partial charge on any atom is 0.123 e. The number of thioether (sulfide) groups is 1. The summed E-state index contributed by atoms with van der Waals surface area (Å²) in [4.78, 5) is 1.14. The Labute approximate surface area is 64.4 Å². The van der Waals surface area contributed by atoms with Crippen LogP contribution in [0.3, 0.4) is 0 Å². The molecule has 0 atom stereocenters. The lowest BCUT2D eigenvalue weighted by Gasteiger charge is -1.99. The van der Waals surface area contributed by atoms with Crippen LogP contribution in [0.2, 0.25) is 0 Å². The van der Waals surface area contributed by atoms with Gasteiger partial charge in [0.25, 0.3) is 0 Å². The molecule has 10 heavy (non-hydrogen) atoms. The molecule has 0 aliphatic heterocycles. The largest absolute Gasteiger partial charge is 0.207 e. The molecule has 1 aromatic carbocycles. The molecule has 0 bridgehead atoms. The fourth-order valence-corrected chi connectivity index (χ4v) is 1.43. The molecule has 2 heteroatoms. The van der Waals surface area contributed by atoms with Crippen molar-refractivity contribution in [3.05, 3.63) is 29.6 Å². The van der Waals surface area contributed by atoms with Crippen molar-refractivity contribution >= 4 is 11.8 Å². The summed E-state index contributed by atoms with van der Waals surface area (Å²) in [7, 11) is 0. The van der Waals surface area contributed by atoms with Crippen molar-refractivity contribution in [3.8, 4) is 0 Å². The van der Waals surface area contributed by atoms with Crippen molar-refractivity contribution in [2.24, 2.45) is 0 Å². The van der Waals surface area contributed by atoms with Crippen LogP contribution in [0.5, 0.6) is 0 Å². The number of halogens is 1. The Morgan fingerprint density at radius 2 is 2.10 bits per heavy atom. The third kappa shape index (κ3) is 1.51. The summed E-state index contributed by atoms with van der Waals surface area (Å²) < 4.78 is 12.5. The van der Waals surface area contributed by atoms with Gasteiger partial charge in [-0.25, -0.2) is 4.39 Å². The Morgan fingerprint density at radius 3 is 2.60 bits per heavy atom. The van der Waals surface area contributed by atoms with Gasteiger partial charge in [-0.1, -0.05) is 0 Å². The van der Waals surface area contributed by atoms with E-state index in [0.717, 1.165) is 10.5 Å². The smallest absolute Gasteiger partial charge is 0.123 e. The zero-order chi connectivity index (χ0) is 7.56. The molecule has 0 unspecified atom stereocenters. The fourth-order valence-electron chi connectivity index (χ4n) is 0.842. The average Bonchev–Trinajstić information content (AvgIpc) is 1.88. The summed E-state index contributed by atoms with van der Waals surface area (Å²) in [6.45, 7) is 1.91. The summed E-state index contributed by atoms with van der Waals surface area (Å²) >= 11 is 1.64. The van der Waals surface area contributed by atoms with Gasteiger partial charge in [-0.2, -0.15) is 0 Å². The van der Waals surface area contributed by atoms with E-state index in [1.807, 2.05) is 13.2 Å². The molecular formula is C8H9FS.